The number of rotatable bonds is 1. The maximum atomic E-state index is 13.0. The first-order valence-corrected chi connectivity index (χ1v) is 8.83. The van der Waals surface area contributed by atoms with Crippen LogP contribution in [0.1, 0.15) is 40.0 Å². The number of carbonyl (C=O) groups excluding carboxylic acids is 3. The van der Waals surface area contributed by atoms with Gasteiger partial charge in [-0.2, -0.15) is 0 Å². The highest BCUT2D eigenvalue weighted by atomic mass is 16.5. The standard InChI is InChI=1S/C20H24O6/c1-9(2)13-6-5-12-7-14(26-19(12)24)15-10(3)8-20(25,18(15)23)11(4)16(21)17(13)22/h7,11,13-14,16,21,25H,1,5-6,8H2,2-4H3/t11-,13+,14-,16-,20-/m1/s1. The predicted octanol–water partition coefficient (Wildman–Crippen LogP) is 1.41. The van der Waals surface area contributed by atoms with Gasteiger partial charge in [0.05, 0.1) is 0 Å². The number of carbonyl (C=O) groups is 3. The molecule has 1 aliphatic heterocycles. The second-order valence-electron chi connectivity index (χ2n) is 7.72. The van der Waals surface area contributed by atoms with Crippen molar-refractivity contribution in [1.29, 1.82) is 0 Å². The third kappa shape index (κ3) is 2.68. The fourth-order valence-electron chi connectivity index (χ4n) is 4.20. The molecule has 0 aromatic rings. The smallest absolute Gasteiger partial charge is 0.334 e. The Morgan fingerprint density at radius 2 is 2.00 bits per heavy atom. The van der Waals surface area contributed by atoms with Crippen molar-refractivity contribution < 1.29 is 29.3 Å². The first kappa shape index (κ1) is 18.7. The molecule has 3 aliphatic rings. The molecule has 0 saturated carbocycles. The summed E-state index contributed by atoms with van der Waals surface area (Å²) in [6, 6.07) is 0. The van der Waals surface area contributed by atoms with Crippen molar-refractivity contribution in [3.8, 4) is 0 Å². The number of aliphatic hydroxyl groups is 2. The van der Waals surface area contributed by atoms with Gasteiger partial charge in [0.15, 0.2) is 11.6 Å². The van der Waals surface area contributed by atoms with Gasteiger partial charge in [-0.25, -0.2) is 4.79 Å². The molecule has 0 amide bonds. The minimum Gasteiger partial charge on any atom is -0.450 e. The zero-order valence-electron chi connectivity index (χ0n) is 15.2. The van der Waals surface area contributed by atoms with E-state index in [1.165, 1.54) is 6.92 Å². The molecule has 6 heteroatoms. The van der Waals surface area contributed by atoms with Crippen LogP contribution in [0.3, 0.4) is 0 Å². The first-order valence-electron chi connectivity index (χ1n) is 8.83. The average molecular weight is 360 g/mol. The molecular formula is C20H24O6. The average Bonchev–Trinajstić information content (AvgIpc) is 3.03. The third-order valence-corrected chi connectivity index (χ3v) is 5.92. The van der Waals surface area contributed by atoms with Crippen LogP contribution in [0.15, 0.2) is 34.9 Å². The number of hydrogen-bond donors (Lipinski definition) is 2. The van der Waals surface area contributed by atoms with Gasteiger partial charge in [-0.15, -0.1) is 0 Å². The van der Waals surface area contributed by atoms with Crippen LogP contribution in [0, 0.1) is 11.8 Å². The van der Waals surface area contributed by atoms with Crippen LogP contribution >= 0.6 is 0 Å². The topological polar surface area (TPSA) is 101 Å². The van der Waals surface area contributed by atoms with E-state index >= 15 is 0 Å². The summed E-state index contributed by atoms with van der Waals surface area (Å²) in [6.07, 6.45) is -0.0995. The van der Waals surface area contributed by atoms with Gasteiger partial charge < -0.3 is 14.9 Å². The Morgan fingerprint density at radius 1 is 1.35 bits per heavy atom. The molecule has 0 aromatic carbocycles. The number of ether oxygens (including phenoxy) is 1. The SMILES string of the molecule is C=C(C)[C@@H]1CCC2=C[C@@H](OC2=O)C2=C(C)C[C@](O)(C2=O)[C@H](C)[C@@H](O)C1=O. The van der Waals surface area contributed by atoms with Crippen molar-refractivity contribution in [2.45, 2.75) is 57.8 Å². The molecule has 140 valence electrons. The maximum absolute atomic E-state index is 13.0. The summed E-state index contributed by atoms with van der Waals surface area (Å²) in [5, 5.41) is 21.6. The van der Waals surface area contributed by atoms with Crippen molar-refractivity contribution in [3.63, 3.8) is 0 Å². The number of aliphatic hydroxyl groups excluding tert-OH is 1. The van der Waals surface area contributed by atoms with Crippen molar-refractivity contribution in [3.05, 3.63) is 34.9 Å². The molecule has 0 unspecified atom stereocenters. The molecule has 5 atom stereocenters. The zero-order chi connectivity index (χ0) is 19.4. The summed E-state index contributed by atoms with van der Waals surface area (Å²) >= 11 is 0. The van der Waals surface area contributed by atoms with E-state index < -0.39 is 47.2 Å². The summed E-state index contributed by atoms with van der Waals surface area (Å²) in [7, 11) is 0. The Hall–Kier alpha value is -2.05. The van der Waals surface area contributed by atoms with E-state index in [1.807, 2.05) is 0 Å². The third-order valence-electron chi connectivity index (χ3n) is 5.92. The lowest BCUT2D eigenvalue weighted by molar-refractivity contribution is -0.150. The van der Waals surface area contributed by atoms with Crippen LogP contribution < -0.4 is 0 Å². The summed E-state index contributed by atoms with van der Waals surface area (Å²) in [5.74, 6) is -3.23. The summed E-state index contributed by atoms with van der Waals surface area (Å²) < 4.78 is 5.35. The molecule has 0 fully saturated rings. The van der Waals surface area contributed by atoms with Crippen LogP contribution in [0.25, 0.3) is 0 Å². The van der Waals surface area contributed by atoms with Gasteiger partial charge in [-0.05, 0) is 32.8 Å². The molecule has 0 aromatic heterocycles. The molecule has 2 N–H and O–H groups in total. The van der Waals surface area contributed by atoms with Gasteiger partial charge in [0.25, 0.3) is 0 Å². The minimum absolute atomic E-state index is 0.00162. The largest absolute Gasteiger partial charge is 0.450 e. The molecule has 0 spiro atoms. The number of ketones is 2. The lowest BCUT2D eigenvalue weighted by Gasteiger charge is -2.33. The number of fused-ring (bicyclic) bond motifs is 4. The van der Waals surface area contributed by atoms with Crippen molar-refractivity contribution >= 4 is 17.5 Å². The molecule has 4 bridgehead atoms. The normalized spacial score (nSPS) is 37.9. The van der Waals surface area contributed by atoms with E-state index in [4.69, 9.17) is 4.74 Å². The van der Waals surface area contributed by atoms with E-state index in [0.717, 1.165) is 0 Å². The van der Waals surface area contributed by atoms with Crippen LogP contribution in [0.2, 0.25) is 0 Å². The quantitative estimate of drug-likeness (QED) is 0.542. The Kier molecular flexibility index (Phi) is 4.53. The highest BCUT2D eigenvalue weighted by molar-refractivity contribution is 6.08. The highest BCUT2D eigenvalue weighted by Crippen LogP contribution is 2.43. The van der Waals surface area contributed by atoms with Gasteiger partial charge in [0.1, 0.15) is 17.8 Å². The van der Waals surface area contributed by atoms with Crippen molar-refractivity contribution in [2.24, 2.45) is 11.8 Å². The summed E-state index contributed by atoms with van der Waals surface area (Å²) in [4.78, 5) is 38.0. The fraction of sp³-hybridized carbons (Fsp3) is 0.550. The van der Waals surface area contributed by atoms with Gasteiger partial charge in [0.2, 0.25) is 0 Å². The number of allylic oxidation sites excluding steroid dienone is 1. The lowest BCUT2D eigenvalue weighted by atomic mass is 9.75. The Morgan fingerprint density at radius 3 is 2.62 bits per heavy atom. The summed E-state index contributed by atoms with van der Waals surface area (Å²) in [5.41, 5.74) is -0.0623. The van der Waals surface area contributed by atoms with E-state index in [1.54, 1.807) is 19.9 Å². The molecule has 0 radical (unpaired) electrons. The van der Waals surface area contributed by atoms with Gasteiger partial charge >= 0.3 is 5.97 Å². The molecule has 3 rings (SSSR count). The lowest BCUT2D eigenvalue weighted by Crippen LogP contribution is -2.51. The van der Waals surface area contributed by atoms with E-state index in [-0.39, 0.29) is 12.0 Å². The molecule has 2 aliphatic carbocycles. The maximum Gasteiger partial charge on any atom is 0.334 e. The molecular weight excluding hydrogens is 336 g/mol. The second kappa shape index (κ2) is 6.28. The van der Waals surface area contributed by atoms with Crippen LogP contribution in [-0.4, -0.2) is 45.6 Å². The van der Waals surface area contributed by atoms with Gasteiger partial charge in [-0.3, -0.25) is 9.59 Å². The highest BCUT2D eigenvalue weighted by Gasteiger charge is 2.54. The first-order chi connectivity index (χ1) is 12.1. The van der Waals surface area contributed by atoms with Gasteiger partial charge in [-0.1, -0.05) is 24.6 Å². The zero-order valence-corrected chi connectivity index (χ0v) is 15.2. The van der Waals surface area contributed by atoms with E-state index in [9.17, 15) is 24.6 Å². The van der Waals surface area contributed by atoms with Crippen LogP contribution in [0.5, 0.6) is 0 Å². The van der Waals surface area contributed by atoms with Gasteiger partial charge in [0, 0.05) is 29.4 Å². The Bertz CT molecular complexity index is 773. The van der Waals surface area contributed by atoms with Crippen LogP contribution in [-0.2, 0) is 19.1 Å². The minimum atomic E-state index is -1.89. The van der Waals surface area contributed by atoms with E-state index in [2.05, 4.69) is 6.58 Å². The Labute approximate surface area is 152 Å². The fourth-order valence-corrected chi connectivity index (χ4v) is 4.20. The molecule has 6 nitrogen and oxygen atoms in total. The van der Waals surface area contributed by atoms with Crippen molar-refractivity contribution in [1.82, 2.24) is 0 Å². The predicted molar refractivity (Wildman–Crippen MR) is 93.0 cm³/mol. The van der Waals surface area contributed by atoms with E-state index in [0.29, 0.717) is 29.6 Å². The number of Topliss-reactive ketones (excluding diaryl/α,β-unsaturated/α-hetero) is 2. The number of hydrogen-bond acceptors (Lipinski definition) is 6. The Balaban J connectivity index is 2.10. The van der Waals surface area contributed by atoms with Crippen molar-refractivity contribution in [2.75, 3.05) is 0 Å². The molecule has 0 saturated heterocycles. The number of esters is 1. The second-order valence-corrected chi connectivity index (χ2v) is 7.72. The molecule has 26 heavy (non-hydrogen) atoms. The molecule has 1 heterocycles. The summed E-state index contributed by atoms with van der Waals surface area (Å²) in [6.45, 7) is 8.71. The van der Waals surface area contributed by atoms with Crippen LogP contribution in [0.4, 0.5) is 0 Å². The monoisotopic (exact) mass is 360 g/mol.